The summed E-state index contributed by atoms with van der Waals surface area (Å²) in [6, 6.07) is 7.37. The van der Waals surface area contributed by atoms with Gasteiger partial charge in [-0.3, -0.25) is 4.79 Å². The van der Waals surface area contributed by atoms with Crippen molar-refractivity contribution in [3.8, 4) is 28.5 Å². The van der Waals surface area contributed by atoms with Gasteiger partial charge in [-0.1, -0.05) is 17.4 Å². The zero-order valence-corrected chi connectivity index (χ0v) is 14.3. The first kappa shape index (κ1) is 16.7. The zero-order chi connectivity index (χ0) is 17.8. The molecule has 7 nitrogen and oxygen atoms in total. The van der Waals surface area contributed by atoms with Crippen LogP contribution in [0.3, 0.4) is 0 Å². The molecular formula is C17H15N5O2S. The highest BCUT2D eigenvalue weighted by molar-refractivity contribution is 7.19. The lowest BCUT2D eigenvalue weighted by Crippen LogP contribution is -2.25. The number of aromatic nitrogens is 1. The topological polar surface area (TPSA) is 102 Å². The van der Waals surface area contributed by atoms with Gasteiger partial charge in [0.15, 0.2) is 11.3 Å². The summed E-state index contributed by atoms with van der Waals surface area (Å²) in [5.74, 6) is 0.194. The maximum atomic E-state index is 12.3. The Balaban J connectivity index is 1.72. The van der Waals surface area contributed by atoms with E-state index >= 15 is 0 Å². The first-order valence-electron chi connectivity index (χ1n) is 7.64. The van der Waals surface area contributed by atoms with Gasteiger partial charge in [0.25, 0.3) is 0 Å². The molecule has 3 rings (SSSR count). The Hall–Kier alpha value is -3.10. The number of nitrogens with one attached hydrogen (secondary N) is 1. The van der Waals surface area contributed by atoms with Crippen molar-refractivity contribution in [1.82, 2.24) is 9.88 Å². The van der Waals surface area contributed by atoms with E-state index in [-0.39, 0.29) is 11.8 Å². The van der Waals surface area contributed by atoms with Crippen LogP contribution in [-0.2, 0) is 4.79 Å². The third-order valence-electron chi connectivity index (χ3n) is 4.04. The molecule has 1 atom stereocenters. The number of hydrogen-bond donors (Lipinski definition) is 1. The molecule has 0 radical (unpaired) electrons. The molecule has 1 amide bonds. The number of rotatable bonds is 4. The van der Waals surface area contributed by atoms with Crippen LogP contribution >= 0.6 is 11.3 Å². The van der Waals surface area contributed by atoms with Crippen molar-refractivity contribution in [2.45, 2.75) is 6.42 Å². The van der Waals surface area contributed by atoms with Crippen LogP contribution in [0.25, 0.3) is 10.4 Å². The normalized spacial score (nSPS) is 16.1. The lowest BCUT2D eigenvalue weighted by molar-refractivity contribution is -0.119. The van der Waals surface area contributed by atoms with Gasteiger partial charge in [-0.15, -0.1) is 0 Å². The van der Waals surface area contributed by atoms with Crippen LogP contribution in [0.1, 0.15) is 12.0 Å². The van der Waals surface area contributed by atoms with Crippen LogP contribution in [0, 0.1) is 28.7 Å². The van der Waals surface area contributed by atoms with Crippen LogP contribution in [0.15, 0.2) is 24.4 Å². The lowest BCUT2D eigenvalue weighted by Gasteiger charge is -2.08. The molecule has 0 spiro atoms. The predicted molar refractivity (Wildman–Crippen MR) is 92.7 cm³/mol. The van der Waals surface area contributed by atoms with E-state index in [1.54, 1.807) is 23.2 Å². The molecule has 1 aromatic carbocycles. The van der Waals surface area contributed by atoms with Crippen LogP contribution in [0.5, 0.6) is 5.75 Å². The first-order valence-corrected chi connectivity index (χ1v) is 8.46. The van der Waals surface area contributed by atoms with Crippen LogP contribution in [0.4, 0.5) is 5.13 Å². The minimum Gasteiger partial charge on any atom is -0.495 e. The summed E-state index contributed by atoms with van der Waals surface area (Å²) in [6.07, 6.45) is 4.41. The molecule has 2 aromatic rings. The standard InChI is InChI=1S/C17H15N5O2S/c1-24-14-6-11(2-3-12(14)7-18)15-8-20-17(25-15)21-16(23)13-4-5-22(9-13)10-19/h2-3,6,8,13H,4-5,9H2,1H3,(H,20,21,23)/t13-/m0/s1. The molecule has 2 heterocycles. The molecule has 126 valence electrons. The number of nitriles is 2. The van der Waals surface area contributed by atoms with Gasteiger partial charge >= 0.3 is 0 Å². The molecule has 25 heavy (non-hydrogen) atoms. The number of methoxy groups -OCH3 is 1. The minimum atomic E-state index is -0.193. The maximum absolute atomic E-state index is 12.3. The Bertz CT molecular complexity index is 880. The monoisotopic (exact) mass is 353 g/mol. The molecule has 1 saturated heterocycles. The third kappa shape index (κ3) is 3.54. The molecule has 0 aliphatic carbocycles. The van der Waals surface area contributed by atoms with Crippen molar-refractivity contribution in [2.24, 2.45) is 5.92 Å². The Labute approximate surface area is 149 Å². The number of carbonyl (C=O) groups excluding carboxylic acids is 1. The average Bonchev–Trinajstić information content (AvgIpc) is 3.30. The van der Waals surface area contributed by atoms with E-state index in [9.17, 15) is 4.79 Å². The summed E-state index contributed by atoms with van der Waals surface area (Å²) >= 11 is 1.35. The highest BCUT2D eigenvalue weighted by Crippen LogP contribution is 2.32. The summed E-state index contributed by atoms with van der Waals surface area (Å²) in [7, 11) is 1.52. The van der Waals surface area contributed by atoms with Crippen molar-refractivity contribution in [2.75, 3.05) is 25.5 Å². The van der Waals surface area contributed by atoms with Gasteiger partial charge < -0.3 is 15.0 Å². The second kappa shape index (κ2) is 7.20. The van der Waals surface area contributed by atoms with Crippen LogP contribution < -0.4 is 10.1 Å². The van der Waals surface area contributed by atoms with E-state index in [2.05, 4.69) is 22.6 Å². The van der Waals surface area contributed by atoms with Crippen molar-refractivity contribution in [3.05, 3.63) is 30.0 Å². The predicted octanol–water partition coefficient (Wildman–Crippen LogP) is 2.43. The Morgan fingerprint density at radius 2 is 2.32 bits per heavy atom. The molecule has 1 aromatic heterocycles. The second-order valence-electron chi connectivity index (χ2n) is 5.58. The highest BCUT2D eigenvalue weighted by Gasteiger charge is 2.28. The SMILES string of the molecule is COc1cc(-c2cnc(NC(=O)[C@H]3CCN(C#N)C3)s2)ccc1C#N. The van der Waals surface area contributed by atoms with Gasteiger partial charge in [-0.2, -0.15) is 10.5 Å². The summed E-state index contributed by atoms with van der Waals surface area (Å²) < 4.78 is 5.22. The largest absolute Gasteiger partial charge is 0.495 e. The maximum Gasteiger partial charge on any atom is 0.231 e. The molecule has 1 aliphatic heterocycles. The zero-order valence-electron chi connectivity index (χ0n) is 13.5. The molecule has 0 bridgehead atoms. The number of nitrogens with zero attached hydrogens (tertiary/aromatic N) is 4. The summed E-state index contributed by atoms with van der Waals surface area (Å²) in [6.45, 7) is 1.07. The number of benzene rings is 1. The Morgan fingerprint density at radius 1 is 1.48 bits per heavy atom. The third-order valence-corrected chi connectivity index (χ3v) is 5.00. The number of likely N-dealkylation sites (tertiary alicyclic amines) is 1. The fourth-order valence-electron chi connectivity index (χ4n) is 2.67. The smallest absolute Gasteiger partial charge is 0.231 e. The Morgan fingerprint density at radius 3 is 3.00 bits per heavy atom. The molecule has 1 aliphatic rings. The average molecular weight is 353 g/mol. The molecule has 0 saturated carbocycles. The fraction of sp³-hybridized carbons (Fsp3) is 0.294. The number of ether oxygens (including phenoxy) is 1. The quantitative estimate of drug-likeness (QED) is 0.847. The van der Waals surface area contributed by atoms with Crippen molar-refractivity contribution in [3.63, 3.8) is 0 Å². The lowest BCUT2D eigenvalue weighted by atomic mass is 10.1. The van der Waals surface area contributed by atoms with Crippen molar-refractivity contribution in [1.29, 1.82) is 10.5 Å². The van der Waals surface area contributed by atoms with Crippen molar-refractivity contribution < 1.29 is 9.53 Å². The number of hydrogen-bond acceptors (Lipinski definition) is 7. The first-order chi connectivity index (χ1) is 12.1. The van der Waals surface area contributed by atoms with E-state index in [0.29, 0.717) is 36.0 Å². The number of anilines is 1. The van der Waals surface area contributed by atoms with Crippen LogP contribution in [0.2, 0.25) is 0 Å². The molecule has 0 unspecified atom stereocenters. The summed E-state index contributed by atoms with van der Waals surface area (Å²) in [5, 5.41) is 21.2. The Kier molecular flexibility index (Phi) is 4.82. The van der Waals surface area contributed by atoms with Gasteiger partial charge in [-0.25, -0.2) is 4.98 Å². The minimum absolute atomic E-state index is 0.115. The van der Waals surface area contributed by atoms with E-state index in [4.69, 9.17) is 15.3 Å². The van der Waals surface area contributed by atoms with E-state index in [0.717, 1.165) is 10.4 Å². The fourth-order valence-corrected chi connectivity index (χ4v) is 3.49. The van der Waals surface area contributed by atoms with Crippen molar-refractivity contribution >= 4 is 22.4 Å². The van der Waals surface area contributed by atoms with E-state index in [1.165, 1.54) is 18.4 Å². The van der Waals surface area contributed by atoms with E-state index < -0.39 is 0 Å². The van der Waals surface area contributed by atoms with Gasteiger partial charge in [0, 0.05) is 19.3 Å². The second-order valence-corrected chi connectivity index (χ2v) is 6.61. The highest BCUT2D eigenvalue weighted by atomic mass is 32.1. The summed E-state index contributed by atoms with van der Waals surface area (Å²) in [5.41, 5.74) is 1.33. The number of amides is 1. The molecule has 1 fully saturated rings. The van der Waals surface area contributed by atoms with Gasteiger partial charge in [0.05, 0.1) is 23.5 Å². The van der Waals surface area contributed by atoms with Gasteiger partial charge in [-0.05, 0) is 24.1 Å². The molecular weight excluding hydrogens is 338 g/mol. The summed E-state index contributed by atoms with van der Waals surface area (Å²) in [4.78, 5) is 19.0. The number of carbonyl (C=O) groups is 1. The van der Waals surface area contributed by atoms with Gasteiger partial charge in [0.2, 0.25) is 5.91 Å². The number of thiazole rings is 1. The van der Waals surface area contributed by atoms with Gasteiger partial charge in [0.1, 0.15) is 11.8 Å². The van der Waals surface area contributed by atoms with E-state index in [1.807, 2.05) is 6.07 Å². The van der Waals surface area contributed by atoms with Crippen LogP contribution in [-0.4, -0.2) is 36.0 Å². The molecule has 1 N–H and O–H groups in total. The molecule has 8 heteroatoms.